The average molecular weight is 232 g/mol. The van der Waals surface area contributed by atoms with Gasteiger partial charge in [0.15, 0.2) is 0 Å². The molecule has 0 bridgehead atoms. The number of nitrogens with zero attached hydrogens (tertiary/aromatic N) is 4. The van der Waals surface area contributed by atoms with Crippen molar-refractivity contribution in [2.75, 3.05) is 18.0 Å². The predicted molar refractivity (Wildman–Crippen MR) is 67.9 cm³/mol. The van der Waals surface area contributed by atoms with Crippen LogP contribution in [0.5, 0.6) is 0 Å². The van der Waals surface area contributed by atoms with E-state index in [1.165, 1.54) is 19.3 Å². The number of anilines is 1. The van der Waals surface area contributed by atoms with Gasteiger partial charge < -0.3 is 4.90 Å². The summed E-state index contributed by atoms with van der Waals surface area (Å²) in [6.07, 6.45) is 3.74. The van der Waals surface area contributed by atoms with E-state index in [1.54, 1.807) is 0 Å². The first-order chi connectivity index (χ1) is 8.17. The summed E-state index contributed by atoms with van der Waals surface area (Å²) in [7, 11) is 1.93. The van der Waals surface area contributed by atoms with Gasteiger partial charge >= 0.3 is 0 Å². The van der Waals surface area contributed by atoms with E-state index in [1.807, 2.05) is 18.7 Å². The number of hydrogen-bond acceptors (Lipinski definition) is 3. The van der Waals surface area contributed by atoms with Crippen LogP contribution in [-0.2, 0) is 7.05 Å². The lowest BCUT2D eigenvalue weighted by Crippen LogP contribution is -2.36. The van der Waals surface area contributed by atoms with Crippen LogP contribution in [-0.4, -0.2) is 22.9 Å². The Bertz CT molecular complexity index is 441. The largest absolute Gasteiger partial charge is 0.355 e. The maximum Gasteiger partial charge on any atom is 0.144 e. The summed E-state index contributed by atoms with van der Waals surface area (Å²) in [6, 6.07) is 2.29. The lowest BCUT2D eigenvalue weighted by molar-refractivity contribution is 0.400. The van der Waals surface area contributed by atoms with Crippen LogP contribution in [0.4, 0.5) is 5.82 Å². The minimum atomic E-state index is 0.740. The zero-order valence-corrected chi connectivity index (χ0v) is 10.9. The molecule has 1 aromatic rings. The molecular formula is C13H20N4. The van der Waals surface area contributed by atoms with Gasteiger partial charge in [0.1, 0.15) is 17.5 Å². The molecule has 4 nitrogen and oxygen atoms in total. The van der Waals surface area contributed by atoms with Gasteiger partial charge in [-0.25, -0.2) is 0 Å². The van der Waals surface area contributed by atoms with Crippen LogP contribution in [0.2, 0.25) is 0 Å². The zero-order valence-electron chi connectivity index (χ0n) is 10.9. The molecule has 0 aliphatic carbocycles. The molecular weight excluding hydrogens is 212 g/mol. The second-order valence-electron chi connectivity index (χ2n) is 4.88. The van der Waals surface area contributed by atoms with Crippen LogP contribution < -0.4 is 4.90 Å². The van der Waals surface area contributed by atoms with Gasteiger partial charge in [0.25, 0.3) is 0 Å². The van der Waals surface area contributed by atoms with E-state index in [4.69, 9.17) is 0 Å². The molecule has 1 unspecified atom stereocenters. The van der Waals surface area contributed by atoms with Gasteiger partial charge in [-0.05, 0) is 25.7 Å². The molecule has 1 aromatic heterocycles. The van der Waals surface area contributed by atoms with Crippen molar-refractivity contribution in [2.24, 2.45) is 13.0 Å². The highest BCUT2D eigenvalue weighted by molar-refractivity contribution is 5.57. The van der Waals surface area contributed by atoms with Crippen molar-refractivity contribution in [1.82, 2.24) is 9.78 Å². The first-order valence-corrected chi connectivity index (χ1v) is 6.36. The highest BCUT2D eigenvalue weighted by Gasteiger charge is 2.24. The Labute approximate surface area is 103 Å². The number of rotatable bonds is 2. The van der Waals surface area contributed by atoms with Gasteiger partial charge in [-0.1, -0.05) is 13.3 Å². The molecule has 92 valence electrons. The van der Waals surface area contributed by atoms with Crippen molar-refractivity contribution in [2.45, 2.75) is 33.1 Å². The zero-order chi connectivity index (χ0) is 12.4. The van der Waals surface area contributed by atoms with Crippen LogP contribution in [0.15, 0.2) is 0 Å². The molecule has 4 heteroatoms. The van der Waals surface area contributed by atoms with E-state index in [2.05, 4.69) is 23.0 Å². The predicted octanol–water partition coefficient (Wildman–Crippen LogP) is 2.23. The molecule has 0 radical (unpaired) electrons. The molecule has 2 rings (SSSR count). The van der Waals surface area contributed by atoms with E-state index in [-0.39, 0.29) is 0 Å². The van der Waals surface area contributed by atoms with Crippen molar-refractivity contribution in [1.29, 1.82) is 5.26 Å². The Balaban J connectivity index is 2.30. The molecule has 17 heavy (non-hydrogen) atoms. The van der Waals surface area contributed by atoms with E-state index in [0.717, 1.165) is 36.1 Å². The van der Waals surface area contributed by atoms with Crippen LogP contribution in [0.3, 0.4) is 0 Å². The molecule has 1 aliphatic heterocycles. The van der Waals surface area contributed by atoms with Crippen LogP contribution in [0, 0.1) is 24.2 Å². The average Bonchev–Trinajstić information content (AvgIpc) is 2.63. The topological polar surface area (TPSA) is 44.9 Å². The maximum atomic E-state index is 9.24. The second kappa shape index (κ2) is 4.79. The molecule has 1 fully saturated rings. The summed E-state index contributed by atoms with van der Waals surface area (Å²) in [6.45, 7) is 6.26. The molecule has 1 saturated heterocycles. The first-order valence-electron chi connectivity index (χ1n) is 6.36. The van der Waals surface area contributed by atoms with Crippen molar-refractivity contribution < 1.29 is 0 Å². The molecule has 1 aliphatic rings. The summed E-state index contributed by atoms with van der Waals surface area (Å²) >= 11 is 0. The molecule has 0 amide bonds. The van der Waals surface area contributed by atoms with Crippen molar-refractivity contribution in [3.63, 3.8) is 0 Å². The Morgan fingerprint density at radius 1 is 1.53 bits per heavy atom. The Kier molecular flexibility index (Phi) is 3.37. The Morgan fingerprint density at radius 3 is 2.94 bits per heavy atom. The summed E-state index contributed by atoms with van der Waals surface area (Å²) in [5.74, 6) is 1.76. The van der Waals surface area contributed by atoms with Gasteiger partial charge in [-0.3, -0.25) is 4.68 Å². The Morgan fingerprint density at radius 2 is 2.29 bits per heavy atom. The van der Waals surface area contributed by atoms with Crippen molar-refractivity contribution >= 4 is 5.82 Å². The van der Waals surface area contributed by atoms with Gasteiger partial charge in [-0.15, -0.1) is 0 Å². The number of piperidine rings is 1. The van der Waals surface area contributed by atoms with Crippen molar-refractivity contribution in [3.05, 3.63) is 11.3 Å². The molecule has 2 heterocycles. The third kappa shape index (κ3) is 2.14. The SMILES string of the molecule is CCC1CCCN(c2c(C#N)c(C)nn2C)C1. The highest BCUT2D eigenvalue weighted by Crippen LogP contribution is 2.28. The monoisotopic (exact) mass is 232 g/mol. The quantitative estimate of drug-likeness (QED) is 0.785. The fourth-order valence-electron chi connectivity index (χ4n) is 2.73. The standard InChI is InChI=1S/C13H20N4/c1-4-11-6-5-7-17(9-11)13-12(8-14)10(2)15-16(13)3/h11H,4-7,9H2,1-3H3. The highest BCUT2D eigenvalue weighted by atomic mass is 15.4. The summed E-state index contributed by atoms with van der Waals surface area (Å²) in [5, 5.41) is 13.6. The molecule has 0 aromatic carbocycles. The third-order valence-corrected chi connectivity index (χ3v) is 3.70. The van der Waals surface area contributed by atoms with Gasteiger partial charge in [0, 0.05) is 20.1 Å². The molecule has 0 spiro atoms. The van der Waals surface area contributed by atoms with E-state index in [9.17, 15) is 5.26 Å². The summed E-state index contributed by atoms with van der Waals surface area (Å²) < 4.78 is 1.85. The number of nitriles is 1. The van der Waals surface area contributed by atoms with Crippen LogP contribution in [0.25, 0.3) is 0 Å². The lowest BCUT2D eigenvalue weighted by Gasteiger charge is -2.33. The van der Waals surface area contributed by atoms with Gasteiger partial charge in [0.05, 0.1) is 5.69 Å². The van der Waals surface area contributed by atoms with E-state index < -0.39 is 0 Å². The first kappa shape index (κ1) is 12.0. The summed E-state index contributed by atoms with van der Waals surface area (Å²) in [4.78, 5) is 2.33. The molecule has 1 atom stereocenters. The van der Waals surface area contributed by atoms with E-state index in [0.29, 0.717) is 0 Å². The third-order valence-electron chi connectivity index (χ3n) is 3.70. The fraction of sp³-hybridized carbons (Fsp3) is 0.692. The normalized spacial score (nSPS) is 20.4. The molecule has 0 saturated carbocycles. The maximum absolute atomic E-state index is 9.24. The van der Waals surface area contributed by atoms with Crippen LogP contribution in [0.1, 0.15) is 37.4 Å². The van der Waals surface area contributed by atoms with Gasteiger partial charge in [-0.2, -0.15) is 10.4 Å². The number of aryl methyl sites for hydroxylation is 2. The fourth-order valence-corrected chi connectivity index (χ4v) is 2.73. The summed E-state index contributed by atoms with van der Waals surface area (Å²) in [5.41, 5.74) is 1.58. The Hall–Kier alpha value is -1.50. The second-order valence-corrected chi connectivity index (χ2v) is 4.88. The number of aromatic nitrogens is 2. The van der Waals surface area contributed by atoms with E-state index >= 15 is 0 Å². The molecule has 0 N–H and O–H groups in total. The lowest BCUT2D eigenvalue weighted by atomic mass is 9.95. The van der Waals surface area contributed by atoms with Crippen LogP contribution >= 0.6 is 0 Å². The minimum absolute atomic E-state index is 0.740. The smallest absolute Gasteiger partial charge is 0.144 e. The number of hydrogen-bond donors (Lipinski definition) is 0. The van der Waals surface area contributed by atoms with Crippen molar-refractivity contribution in [3.8, 4) is 6.07 Å². The minimum Gasteiger partial charge on any atom is -0.355 e. The van der Waals surface area contributed by atoms with Gasteiger partial charge in [0.2, 0.25) is 0 Å².